The van der Waals surface area contributed by atoms with E-state index in [2.05, 4.69) is 277 Å². The number of nitrogens with zero attached hydrogens (tertiary/aromatic N) is 12. The van der Waals surface area contributed by atoms with Gasteiger partial charge in [-0.1, -0.05) is 280 Å². The van der Waals surface area contributed by atoms with Gasteiger partial charge in [-0.25, -0.2) is 44.9 Å². The molecule has 16 heteroatoms. The summed E-state index contributed by atoms with van der Waals surface area (Å²) in [5.74, 6) is 4.98. The minimum atomic E-state index is -0.191. The first-order valence-corrected chi connectivity index (χ1v) is 45.9. The summed E-state index contributed by atoms with van der Waals surface area (Å²) in [7, 11) is 0. The largest absolute Gasteiger partial charge is 0.456 e. The summed E-state index contributed by atoms with van der Waals surface area (Å²) in [6.07, 6.45) is 5.22. The second-order valence-corrected chi connectivity index (χ2v) is 37.7. The first-order valence-electron chi connectivity index (χ1n) is 45.9. The molecule has 28 rings (SSSR count). The second kappa shape index (κ2) is 30.1. The summed E-state index contributed by atoms with van der Waals surface area (Å²) >= 11 is 0. The van der Waals surface area contributed by atoms with E-state index in [1.807, 2.05) is 127 Å². The Hall–Kier alpha value is -17.2. The van der Waals surface area contributed by atoms with Crippen molar-refractivity contribution in [2.75, 3.05) is 0 Å². The minimum Gasteiger partial charge on any atom is -0.456 e. The molecule has 0 spiro atoms. The summed E-state index contributed by atoms with van der Waals surface area (Å²) in [5.41, 5.74) is 33.8. The molecule has 0 saturated carbocycles. The lowest BCUT2D eigenvalue weighted by atomic mass is 9.82. The van der Waals surface area contributed by atoms with Crippen LogP contribution in [0, 0.1) is 0 Å². The maximum Gasteiger partial charge on any atom is 0.182 e. The van der Waals surface area contributed by atoms with Gasteiger partial charge in [0, 0.05) is 128 Å². The SMILES string of the molecule is CC1(C)c2ccccc2-c2ccc(-c3nc(-c4ccc5c(c4)oc4c6c(ccc45)-c4ccccc4C6(C)C)nc(-c4cccc5c4oc4ccccc45)n3)cc21.CC1(C)c2ccccc2-c2ccc3c(oc4cc(-c5nc(-c6ccccc6)nc(-c6ccccn6)n5)ccc43)c21.CC1(C)c2ccccc2-c2ccc3c(oc4cc(-c5nc(-c6ccccn6)nc(-c6ccccn6)n5)ccc43)c21. The molecule has 0 aliphatic heterocycles. The average Bonchev–Trinajstić information content (AvgIpc) is 1.56. The molecule has 16 nitrogen and oxygen atoms in total. The normalized spacial score (nSPS) is 14.0. The number of aromatic nitrogens is 12. The van der Waals surface area contributed by atoms with Gasteiger partial charge < -0.3 is 17.7 Å². The Balaban J connectivity index is 0.000000108. The molecule has 14 aromatic carbocycles. The summed E-state index contributed by atoms with van der Waals surface area (Å²) in [6.45, 7) is 18.3. The molecule has 0 N–H and O–H groups in total. The topological polar surface area (TPSA) is 207 Å². The Morgan fingerprint density at radius 2 is 0.463 bits per heavy atom. The molecule has 4 aliphatic carbocycles. The third-order valence-corrected chi connectivity index (χ3v) is 28.4. The molecule has 0 atom stereocenters. The van der Waals surface area contributed by atoms with Crippen molar-refractivity contribution in [1.29, 1.82) is 0 Å². The second-order valence-electron chi connectivity index (χ2n) is 37.7. The molecule has 136 heavy (non-hydrogen) atoms. The molecular formula is C120H82N12O4. The quantitative estimate of drug-likeness (QED) is 0.132. The van der Waals surface area contributed by atoms with Gasteiger partial charge in [-0.05, 0) is 182 Å². The molecule has 0 radical (unpaired) electrons. The third kappa shape index (κ3) is 12.4. The van der Waals surface area contributed by atoms with Gasteiger partial charge in [-0.3, -0.25) is 15.0 Å². The van der Waals surface area contributed by atoms with Crippen LogP contribution in [0.3, 0.4) is 0 Å². The molecule has 10 aromatic heterocycles. The highest BCUT2D eigenvalue weighted by Crippen LogP contribution is 2.58. The summed E-state index contributed by atoms with van der Waals surface area (Å²) in [4.78, 5) is 57.9. The molecule has 0 saturated heterocycles. The molecule has 10 heterocycles. The maximum absolute atomic E-state index is 6.86. The van der Waals surface area contributed by atoms with Crippen LogP contribution in [-0.4, -0.2) is 59.8 Å². The first-order chi connectivity index (χ1) is 66.4. The molecule has 0 unspecified atom stereocenters. The van der Waals surface area contributed by atoms with Gasteiger partial charge in [0.15, 0.2) is 52.4 Å². The van der Waals surface area contributed by atoms with Gasteiger partial charge in [0.05, 0.1) is 5.56 Å². The van der Waals surface area contributed by atoms with E-state index < -0.39 is 0 Å². The van der Waals surface area contributed by atoms with Crippen molar-refractivity contribution in [2.45, 2.75) is 77.0 Å². The van der Waals surface area contributed by atoms with Gasteiger partial charge in [0.1, 0.15) is 61.7 Å². The standard InChI is InChI=1S/C51H35N3O2.C35H24N4O.C34H23N5O/c1-50(2)39-17-8-5-12-30(39)32-22-20-28(26-41(32)50)47-52-48(54-49(53-47)38-16-11-15-36-33-14-7-10-19-42(33)55-45(36)38)29-21-23-34-37-25-24-35-31-13-6-9-18-40(31)51(3,4)44(35)46(37)56-43(34)27-29;1-35(2)27-13-7-6-12-23(27)25-17-18-26-24-16-15-22(20-29(24)40-31(26)30(25)35)33-37-32(21-10-4-3-5-11-21)38-34(39-33)28-14-8-9-19-36-28;1-34(2)25-10-4-3-9-21(25)23-15-16-24-22-14-13-20(19-28(22)40-30(24)29(23)34)31-37-32(26-11-5-7-17-35-26)39-33(38-31)27-12-6-8-18-36-27/h5-27H,1-4H3;3-20H,1-2H3;3-19H,1-2H3. The molecule has 0 amide bonds. The lowest BCUT2D eigenvalue weighted by Gasteiger charge is -2.21. The molecule has 4 aliphatic rings. The van der Waals surface area contributed by atoms with Crippen LogP contribution in [0.1, 0.15) is 99.9 Å². The van der Waals surface area contributed by atoms with Gasteiger partial charge >= 0.3 is 0 Å². The minimum absolute atomic E-state index is 0.154. The van der Waals surface area contributed by atoms with Gasteiger partial charge in [-0.15, -0.1) is 0 Å². The Kier molecular flexibility index (Phi) is 17.7. The van der Waals surface area contributed by atoms with Crippen LogP contribution in [0.25, 0.3) is 235 Å². The fraction of sp³-hybridized carbons (Fsp3) is 0.100. The van der Waals surface area contributed by atoms with E-state index in [4.69, 9.17) is 62.5 Å². The van der Waals surface area contributed by atoms with Crippen LogP contribution in [0.2, 0.25) is 0 Å². The highest BCUT2D eigenvalue weighted by atomic mass is 16.3. The van der Waals surface area contributed by atoms with Gasteiger partial charge in [0.25, 0.3) is 0 Å². The summed E-state index contributed by atoms with van der Waals surface area (Å²) < 4.78 is 26.7. The predicted molar refractivity (Wildman–Crippen MR) is 541 cm³/mol. The van der Waals surface area contributed by atoms with Crippen LogP contribution < -0.4 is 0 Å². The zero-order valence-electron chi connectivity index (χ0n) is 75.5. The van der Waals surface area contributed by atoms with E-state index in [-0.39, 0.29) is 21.7 Å². The number of benzene rings is 14. The number of para-hydroxylation sites is 2. The third-order valence-electron chi connectivity index (χ3n) is 28.4. The highest BCUT2D eigenvalue weighted by molar-refractivity contribution is 6.14. The molecule has 24 aromatic rings. The van der Waals surface area contributed by atoms with Crippen LogP contribution in [0.5, 0.6) is 0 Å². The van der Waals surface area contributed by atoms with Crippen molar-refractivity contribution in [2.24, 2.45) is 0 Å². The molecule has 0 bridgehead atoms. The van der Waals surface area contributed by atoms with Crippen LogP contribution >= 0.6 is 0 Å². The summed E-state index contributed by atoms with van der Waals surface area (Å²) in [5, 5.41) is 8.65. The van der Waals surface area contributed by atoms with Crippen LogP contribution in [-0.2, 0) is 21.7 Å². The van der Waals surface area contributed by atoms with Crippen molar-refractivity contribution < 1.29 is 17.7 Å². The number of pyridine rings is 3. The van der Waals surface area contributed by atoms with Crippen molar-refractivity contribution in [3.05, 3.63) is 397 Å². The average molecular weight is 1760 g/mol. The lowest BCUT2D eigenvalue weighted by molar-refractivity contribution is 0.619. The Labute approximate surface area is 781 Å². The Bertz CT molecular complexity index is 8710. The van der Waals surface area contributed by atoms with E-state index in [0.717, 1.165) is 121 Å². The number of rotatable bonds is 9. The molecular weight excluding hydrogens is 1670 g/mol. The predicted octanol–water partition coefficient (Wildman–Crippen LogP) is 29.6. The fourth-order valence-electron chi connectivity index (χ4n) is 21.7. The van der Waals surface area contributed by atoms with Crippen molar-refractivity contribution in [3.63, 3.8) is 0 Å². The lowest BCUT2D eigenvalue weighted by Crippen LogP contribution is -2.15. The number of hydrogen-bond donors (Lipinski definition) is 0. The Morgan fingerprint density at radius 3 is 0.890 bits per heavy atom. The summed E-state index contributed by atoms with van der Waals surface area (Å²) in [6, 6.07) is 115. The van der Waals surface area contributed by atoms with Crippen LogP contribution in [0.4, 0.5) is 0 Å². The zero-order valence-corrected chi connectivity index (χ0v) is 75.5. The van der Waals surface area contributed by atoms with E-state index in [0.29, 0.717) is 69.5 Å². The maximum atomic E-state index is 6.86. The Morgan fingerprint density at radius 1 is 0.176 bits per heavy atom. The van der Waals surface area contributed by atoms with Crippen molar-refractivity contribution >= 4 is 87.8 Å². The van der Waals surface area contributed by atoms with Crippen molar-refractivity contribution in [1.82, 2.24) is 59.8 Å². The molecule has 0 fully saturated rings. The monoisotopic (exact) mass is 1750 g/mol. The highest BCUT2D eigenvalue weighted by Gasteiger charge is 2.43. The first kappa shape index (κ1) is 79.7. The van der Waals surface area contributed by atoms with Gasteiger partial charge in [-0.2, -0.15) is 0 Å². The van der Waals surface area contributed by atoms with Crippen LogP contribution in [0.15, 0.2) is 370 Å². The zero-order chi connectivity index (χ0) is 91.2. The molecule has 646 valence electrons. The number of hydrogen-bond acceptors (Lipinski definition) is 16. The number of fused-ring (bicyclic) bond motifs is 27. The van der Waals surface area contributed by atoms with E-state index in [1.54, 1.807) is 18.6 Å². The fourth-order valence-corrected chi connectivity index (χ4v) is 21.7. The number of furan rings is 4. The van der Waals surface area contributed by atoms with E-state index >= 15 is 0 Å². The van der Waals surface area contributed by atoms with Crippen molar-refractivity contribution in [3.8, 4) is 147 Å². The smallest absolute Gasteiger partial charge is 0.182 e. The van der Waals surface area contributed by atoms with E-state index in [1.165, 1.54) is 89.0 Å². The van der Waals surface area contributed by atoms with E-state index in [9.17, 15) is 0 Å². The van der Waals surface area contributed by atoms with Gasteiger partial charge in [0.2, 0.25) is 0 Å².